The van der Waals surface area contributed by atoms with Crippen molar-refractivity contribution >= 4 is 23.4 Å². The Morgan fingerprint density at radius 1 is 1.28 bits per heavy atom. The Morgan fingerprint density at radius 3 is 2.79 bits per heavy atom. The predicted molar refractivity (Wildman–Crippen MR) is 107 cm³/mol. The Labute approximate surface area is 170 Å². The van der Waals surface area contributed by atoms with Crippen LogP contribution in [-0.2, 0) is 21.4 Å². The first-order chi connectivity index (χ1) is 13.9. The molecule has 3 aliphatic rings. The zero-order valence-electron chi connectivity index (χ0n) is 17.1. The molecule has 9 heteroatoms. The number of nitrogens with one attached hydrogen (secondary N) is 2. The van der Waals surface area contributed by atoms with E-state index >= 15 is 0 Å². The average molecular weight is 402 g/mol. The van der Waals surface area contributed by atoms with Crippen molar-refractivity contribution in [2.24, 2.45) is 18.9 Å². The molecule has 0 spiro atoms. The molecule has 3 saturated heterocycles. The third-order valence-electron chi connectivity index (χ3n) is 6.49. The fraction of sp³-hybridized carbons (Fsp3) is 0.700. The van der Waals surface area contributed by atoms with Gasteiger partial charge in [0, 0.05) is 52.3 Å². The lowest BCUT2D eigenvalue weighted by atomic mass is 9.72. The Bertz CT molecular complexity index is 793. The maximum absolute atomic E-state index is 12.7. The van der Waals surface area contributed by atoms with Crippen LogP contribution < -0.4 is 10.6 Å². The molecular weight excluding hydrogens is 372 g/mol. The van der Waals surface area contributed by atoms with E-state index < -0.39 is 0 Å². The highest BCUT2D eigenvalue weighted by Gasteiger charge is 2.49. The van der Waals surface area contributed by atoms with Gasteiger partial charge in [-0.1, -0.05) is 0 Å². The third-order valence-corrected chi connectivity index (χ3v) is 6.49. The molecule has 2 bridgehead atoms. The minimum Gasteiger partial charge on any atom is -0.354 e. The van der Waals surface area contributed by atoms with Crippen molar-refractivity contribution in [1.82, 2.24) is 24.9 Å². The second kappa shape index (κ2) is 8.14. The molecule has 4 rings (SSSR count). The third kappa shape index (κ3) is 4.29. The zero-order chi connectivity index (χ0) is 20.5. The highest BCUT2D eigenvalue weighted by molar-refractivity contribution is 5.92. The molecule has 0 unspecified atom stereocenters. The number of carbonyl (C=O) groups excluding carboxylic acids is 3. The molecule has 0 aliphatic carbocycles. The number of amides is 3. The number of rotatable bonds is 5. The molecular formula is C20H30N6O3. The molecule has 0 saturated carbocycles. The number of anilines is 1. The minimum atomic E-state index is -0.0726. The predicted octanol–water partition coefficient (Wildman–Crippen LogP) is 0.196. The van der Waals surface area contributed by atoms with Crippen molar-refractivity contribution in [2.45, 2.75) is 44.7 Å². The molecule has 1 aromatic heterocycles. The van der Waals surface area contributed by atoms with Crippen LogP contribution in [0.2, 0.25) is 0 Å². The lowest BCUT2D eigenvalue weighted by molar-refractivity contribution is -0.153. The summed E-state index contributed by atoms with van der Waals surface area (Å²) in [5, 5.41) is 9.90. The first-order valence-electron chi connectivity index (χ1n) is 10.5. The fourth-order valence-corrected chi connectivity index (χ4v) is 5.40. The molecule has 4 atom stereocenters. The molecule has 4 heterocycles. The topological polar surface area (TPSA) is 99.6 Å². The van der Waals surface area contributed by atoms with Crippen molar-refractivity contribution in [3.05, 3.63) is 12.4 Å². The zero-order valence-corrected chi connectivity index (χ0v) is 17.1. The number of likely N-dealkylation sites (tertiary alicyclic amines) is 1. The maximum Gasteiger partial charge on any atom is 0.238 e. The number of fused-ring (bicyclic) bond motifs is 4. The van der Waals surface area contributed by atoms with Crippen LogP contribution in [0.5, 0.6) is 0 Å². The van der Waals surface area contributed by atoms with Crippen LogP contribution in [0.1, 0.15) is 32.6 Å². The summed E-state index contributed by atoms with van der Waals surface area (Å²) in [6.45, 7) is 3.92. The number of aryl methyl sites for hydroxylation is 1. The molecule has 9 nitrogen and oxygen atoms in total. The van der Waals surface area contributed by atoms with E-state index in [4.69, 9.17) is 0 Å². The van der Waals surface area contributed by atoms with E-state index in [1.165, 1.54) is 6.92 Å². The van der Waals surface area contributed by atoms with Gasteiger partial charge in [-0.3, -0.25) is 24.0 Å². The molecule has 158 valence electrons. The summed E-state index contributed by atoms with van der Waals surface area (Å²) >= 11 is 0. The number of hydrogen-bond acceptors (Lipinski definition) is 5. The van der Waals surface area contributed by atoms with E-state index in [2.05, 4.69) is 25.5 Å². The van der Waals surface area contributed by atoms with Gasteiger partial charge in [0.25, 0.3) is 0 Å². The van der Waals surface area contributed by atoms with Gasteiger partial charge in [-0.05, 0) is 31.1 Å². The van der Waals surface area contributed by atoms with E-state index in [0.717, 1.165) is 32.4 Å². The SMILES string of the molecule is CC(=O)NC[C@H]1[C@H]2C[C@H](CN(CC(=O)Nc3cnn(C)c3)C2)[C@@H]2CCCC(=O)N21. The Hall–Kier alpha value is -2.42. The van der Waals surface area contributed by atoms with Gasteiger partial charge in [0.15, 0.2) is 0 Å². The second-order valence-electron chi connectivity index (χ2n) is 8.67. The Morgan fingerprint density at radius 2 is 2.07 bits per heavy atom. The van der Waals surface area contributed by atoms with Crippen LogP contribution in [-0.4, -0.2) is 75.6 Å². The largest absolute Gasteiger partial charge is 0.354 e. The molecule has 3 amide bonds. The molecule has 0 radical (unpaired) electrons. The van der Waals surface area contributed by atoms with Gasteiger partial charge in [-0.25, -0.2) is 0 Å². The summed E-state index contributed by atoms with van der Waals surface area (Å²) < 4.78 is 1.65. The molecule has 3 fully saturated rings. The van der Waals surface area contributed by atoms with E-state index in [1.54, 1.807) is 17.1 Å². The van der Waals surface area contributed by atoms with E-state index in [-0.39, 0.29) is 35.7 Å². The highest BCUT2D eigenvalue weighted by atomic mass is 16.2. The van der Waals surface area contributed by atoms with Crippen LogP contribution in [0.25, 0.3) is 0 Å². The van der Waals surface area contributed by atoms with Gasteiger partial charge in [0.1, 0.15) is 0 Å². The average Bonchev–Trinajstić information content (AvgIpc) is 3.06. The fourth-order valence-electron chi connectivity index (χ4n) is 5.40. The second-order valence-corrected chi connectivity index (χ2v) is 8.67. The summed E-state index contributed by atoms with van der Waals surface area (Å²) in [5.74, 6) is 0.751. The standard InChI is InChI=1S/C20H30N6O3/c1-13(27)21-8-18-15-6-14(17-4-3-5-20(29)26(17)18)9-25(10-15)12-19(28)23-16-7-22-24(2)11-16/h7,11,14-15,17-18H,3-6,8-10,12H2,1-2H3,(H,21,27)(H,23,28)/t14-,15+,17+,18+/m1/s1. The summed E-state index contributed by atoms with van der Waals surface area (Å²) in [5.41, 5.74) is 0.697. The van der Waals surface area contributed by atoms with Crippen LogP contribution in [0, 0.1) is 11.8 Å². The van der Waals surface area contributed by atoms with Crippen LogP contribution in [0.3, 0.4) is 0 Å². The van der Waals surface area contributed by atoms with Crippen molar-refractivity contribution in [2.75, 3.05) is 31.5 Å². The lowest BCUT2D eigenvalue weighted by Crippen LogP contribution is -2.67. The molecule has 3 aliphatic heterocycles. The lowest BCUT2D eigenvalue weighted by Gasteiger charge is -2.56. The van der Waals surface area contributed by atoms with Gasteiger partial charge >= 0.3 is 0 Å². The number of carbonyl (C=O) groups is 3. The highest BCUT2D eigenvalue weighted by Crippen LogP contribution is 2.41. The quantitative estimate of drug-likeness (QED) is 0.733. The number of piperidine rings is 3. The van der Waals surface area contributed by atoms with Crippen LogP contribution in [0.15, 0.2) is 12.4 Å². The van der Waals surface area contributed by atoms with Crippen molar-refractivity contribution in [1.29, 1.82) is 0 Å². The Kier molecular flexibility index (Phi) is 5.58. The first-order valence-corrected chi connectivity index (χ1v) is 10.5. The Balaban J connectivity index is 1.45. The summed E-state index contributed by atoms with van der Waals surface area (Å²) in [6.07, 6.45) is 7.00. The van der Waals surface area contributed by atoms with Gasteiger partial charge < -0.3 is 15.5 Å². The smallest absolute Gasteiger partial charge is 0.238 e. The van der Waals surface area contributed by atoms with Gasteiger partial charge in [0.2, 0.25) is 17.7 Å². The van der Waals surface area contributed by atoms with E-state index in [1.807, 2.05) is 7.05 Å². The van der Waals surface area contributed by atoms with Gasteiger partial charge in [-0.15, -0.1) is 0 Å². The van der Waals surface area contributed by atoms with Gasteiger partial charge in [0.05, 0.1) is 24.5 Å². The molecule has 29 heavy (non-hydrogen) atoms. The summed E-state index contributed by atoms with van der Waals surface area (Å²) in [6, 6.07) is 0.229. The van der Waals surface area contributed by atoms with Crippen LogP contribution >= 0.6 is 0 Å². The maximum atomic E-state index is 12.7. The van der Waals surface area contributed by atoms with Gasteiger partial charge in [-0.2, -0.15) is 5.10 Å². The molecule has 1 aromatic rings. The number of aromatic nitrogens is 2. The van der Waals surface area contributed by atoms with E-state index in [9.17, 15) is 14.4 Å². The first kappa shape index (κ1) is 19.9. The molecule has 2 N–H and O–H groups in total. The summed E-state index contributed by atoms with van der Waals surface area (Å²) in [4.78, 5) is 41.0. The van der Waals surface area contributed by atoms with Crippen molar-refractivity contribution in [3.8, 4) is 0 Å². The van der Waals surface area contributed by atoms with Crippen molar-refractivity contribution in [3.63, 3.8) is 0 Å². The number of hydrogen-bond donors (Lipinski definition) is 2. The number of nitrogens with zero attached hydrogens (tertiary/aromatic N) is 4. The molecule has 0 aromatic carbocycles. The normalized spacial score (nSPS) is 29.3. The summed E-state index contributed by atoms with van der Waals surface area (Å²) in [7, 11) is 1.81. The minimum absolute atomic E-state index is 0.0112. The monoisotopic (exact) mass is 402 g/mol. The van der Waals surface area contributed by atoms with Crippen molar-refractivity contribution < 1.29 is 14.4 Å². The van der Waals surface area contributed by atoms with Crippen LogP contribution in [0.4, 0.5) is 5.69 Å². The van der Waals surface area contributed by atoms with E-state index in [0.29, 0.717) is 31.1 Å².